The zero-order valence-corrected chi connectivity index (χ0v) is 12.2. The Balaban J connectivity index is 2.50. The summed E-state index contributed by atoms with van der Waals surface area (Å²) in [5.41, 5.74) is 0.863. The number of esters is 1. The van der Waals surface area contributed by atoms with E-state index in [1.165, 1.54) is 19.2 Å². The Morgan fingerprint density at radius 2 is 2.20 bits per heavy atom. The molecular weight excluding hydrogens is 261 g/mol. The van der Waals surface area contributed by atoms with Gasteiger partial charge in [-0.3, -0.25) is 4.79 Å². The average Bonchev–Trinajstić information content (AvgIpc) is 2.45. The van der Waals surface area contributed by atoms with Gasteiger partial charge in [-0.15, -0.1) is 0 Å². The molecule has 0 spiro atoms. The first kappa shape index (κ1) is 16.4. The summed E-state index contributed by atoms with van der Waals surface area (Å²) >= 11 is 0. The maximum absolute atomic E-state index is 13.1. The molecule has 0 aliphatic carbocycles. The fourth-order valence-electron chi connectivity index (χ4n) is 1.78. The van der Waals surface area contributed by atoms with Crippen molar-refractivity contribution >= 4 is 5.97 Å². The van der Waals surface area contributed by atoms with E-state index >= 15 is 0 Å². The highest BCUT2D eigenvalue weighted by Crippen LogP contribution is 2.19. The van der Waals surface area contributed by atoms with Crippen molar-refractivity contribution in [3.8, 4) is 5.75 Å². The second-order valence-electron chi connectivity index (χ2n) is 4.58. The molecule has 1 atom stereocenters. The van der Waals surface area contributed by atoms with Crippen molar-refractivity contribution in [1.82, 2.24) is 5.32 Å². The molecule has 1 N–H and O–H groups in total. The zero-order chi connectivity index (χ0) is 15.0. The normalized spacial score (nSPS) is 12.0. The maximum Gasteiger partial charge on any atom is 0.322 e. The molecule has 0 saturated carbocycles. The molecule has 1 unspecified atom stereocenters. The first-order chi connectivity index (χ1) is 9.58. The van der Waals surface area contributed by atoms with E-state index in [9.17, 15) is 9.18 Å². The van der Waals surface area contributed by atoms with Crippen LogP contribution in [0.15, 0.2) is 18.2 Å². The van der Waals surface area contributed by atoms with Gasteiger partial charge in [0.2, 0.25) is 0 Å². The van der Waals surface area contributed by atoms with Crippen molar-refractivity contribution in [3.63, 3.8) is 0 Å². The number of nitrogens with one attached hydrogen (secondary N) is 1. The zero-order valence-electron chi connectivity index (χ0n) is 12.2. The van der Waals surface area contributed by atoms with Gasteiger partial charge in [-0.25, -0.2) is 4.39 Å². The number of hydrogen-bond donors (Lipinski definition) is 1. The van der Waals surface area contributed by atoms with Gasteiger partial charge in [0, 0.05) is 12.5 Å². The molecule has 0 saturated heterocycles. The van der Waals surface area contributed by atoms with Gasteiger partial charge < -0.3 is 14.8 Å². The molecule has 5 heteroatoms. The molecule has 0 aromatic heterocycles. The largest absolute Gasteiger partial charge is 0.493 e. The Labute approximate surface area is 119 Å². The lowest BCUT2D eigenvalue weighted by atomic mass is 10.2. The number of ether oxygens (including phenoxy) is 2. The summed E-state index contributed by atoms with van der Waals surface area (Å²) in [6.07, 6.45) is 1.40. The third kappa shape index (κ3) is 5.17. The van der Waals surface area contributed by atoms with Crippen molar-refractivity contribution in [1.29, 1.82) is 0 Å². The summed E-state index contributed by atoms with van der Waals surface area (Å²) in [5.74, 6) is -0.138. The highest BCUT2D eigenvalue weighted by atomic mass is 19.1. The van der Waals surface area contributed by atoms with E-state index in [1.54, 1.807) is 6.07 Å². The number of benzene rings is 1. The van der Waals surface area contributed by atoms with Gasteiger partial charge in [0.15, 0.2) is 0 Å². The molecule has 1 aromatic carbocycles. The second-order valence-corrected chi connectivity index (χ2v) is 4.58. The van der Waals surface area contributed by atoms with Crippen LogP contribution in [-0.4, -0.2) is 32.3 Å². The predicted octanol–water partition coefficient (Wildman–Crippen LogP) is 2.44. The van der Waals surface area contributed by atoms with Crippen LogP contribution in [0.4, 0.5) is 4.39 Å². The second kappa shape index (κ2) is 8.53. The van der Waals surface area contributed by atoms with Gasteiger partial charge in [-0.2, -0.15) is 0 Å². The van der Waals surface area contributed by atoms with Gasteiger partial charge in [0.05, 0.1) is 13.7 Å². The van der Waals surface area contributed by atoms with E-state index in [4.69, 9.17) is 9.47 Å². The summed E-state index contributed by atoms with van der Waals surface area (Å²) in [6, 6.07) is 4.01. The standard InChI is InChI=1S/C15H22FNO3/c1-4-8-17-13(15(18)19-3)7-9-20-14-10-12(16)6-5-11(14)2/h5-6,10,13,17H,4,7-9H2,1-3H3. The van der Waals surface area contributed by atoms with Crippen LogP contribution in [0.25, 0.3) is 0 Å². The fourth-order valence-corrected chi connectivity index (χ4v) is 1.78. The smallest absolute Gasteiger partial charge is 0.322 e. The van der Waals surface area contributed by atoms with Crippen LogP contribution in [0.3, 0.4) is 0 Å². The van der Waals surface area contributed by atoms with Crippen molar-refractivity contribution in [3.05, 3.63) is 29.6 Å². The molecule has 0 amide bonds. The minimum absolute atomic E-state index is 0.307. The molecule has 0 fully saturated rings. The van der Waals surface area contributed by atoms with E-state index in [-0.39, 0.29) is 11.8 Å². The topological polar surface area (TPSA) is 47.6 Å². The van der Waals surface area contributed by atoms with Gasteiger partial charge in [-0.05, 0) is 31.5 Å². The van der Waals surface area contributed by atoms with Gasteiger partial charge in [0.25, 0.3) is 0 Å². The van der Waals surface area contributed by atoms with Crippen molar-refractivity contribution in [2.45, 2.75) is 32.7 Å². The minimum atomic E-state index is -0.395. The van der Waals surface area contributed by atoms with Gasteiger partial charge >= 0.3 is 5.97 Å². The van der Waals surface area contributed by atoms with E-state index in [0.29, 0.717) is 18.8 Å². The first-order valence-electron chi connectivity index (χ1n) is 6.78. The van der Waals surface area contributed by atoms with E-state index < -0.39 is 6.04 Å². The molecule has 112 valence electrons. The Kier molecular flexibility index (Phi) is 7.01. The van der Waals surface area contributed by atoms with Crippen molar-refractivity contribution in [2.75, 3.05) is 20.3 Å². The van der Waals surface area contributed by atoms with Crippen LogP contribution in [0.1, 0.15) is 25.3 Å². The Hall–Kier alpha value is -1.62. The minimum Gasteiger partial charge on any atom is -0.493 e. The molecule has 1 aromatic rings. The highest BCUT2D eigenvalue weighted by molar-refractivity contribution is 5.75. The van der Waals surface area contributed by atoms with E-state index in [2.05, 4.69) is 5.32 Å². The lowest BCUT2D eigenvalue weighted by Crippen LogP contribution is -2.39. The number of carbonyl (C=O) groups is 1. The first-order valence-corrected chi connectivity index (χ1v) is 6.78. The van der Waals surface area contributed by atoms with E-state index in [0.717, 1.165) is 18.5 Å². The Bertz CT molecular complexity index is 437. The van der Waals surface area contributed by atoms with Gasteiger partial charge in [-0.1, -0.05) is 13.0 Å². The van der Waals surface area contributed by atoms with E-state index in [1.807, 2.05) is 13.8 Å². The lowest BCUT2D eigenvalue weighted by Gasteiger charge is -2.17. The summed E-state index contributed by atoms with van der Waals surface area (Å²) < 4.78 is 23.4. The quantitative estimate of drug-likeness (QED) is 0.744. The Morgan fingerprint density at radius 1 is 1.45 bits per heavy atom. The molecular formula is C15H22FNO3. The number of hydrogen-bond acceptors (Lipinski definition) is 4. The van der Waals surface area contributed by atoms with Crippen LogP contribution in [-0.2, 0) is 9.53 Å². The molecule has 0 aliphatic rings. The summed E-state index contributed by atoms with van der Waals surface area (Å²) in [7, 11) is 1.36. The van der Waals surface area contributed by atoms with Gasteiger partial charge in [0.1, 0.15) is 17.6 Å². The summed E-state index contributed by atoms with van der Waals surface area (Å²) in [4.78, 5) is 11.6. The maximum atomic E-state index is 13.1. The Morgan fingerprint density at radius 3 is 2.85 bits per heavy atom. The van der Waals surface area contributed by atoms with Crippen molar-refractivity contribution in [2.24, 2.45) is 0 Å². The molecule has 0 bridgehead atoms. The molecule has 20 heavy (non-hydrogen) atoms. The van der Waals surface area contributed by atoms with Crippen LogP contribution in [0.5, 0.6) is 5.75 Å². The number of aryl methyl sites for hydroxylation is 1. The fraction of sp³-hybridized carbons (Fsp3) is 0.533. The highest BCUT2D eigenvalue weighted by Gasteiger charge is 2.18. The summed E-state index contributed by atoms with van der Waals surface area (Å²) in [5, 5.41) is 3.10. The molecule has 0 aliphatic heterocycles. The predicted molar refractivity (Wildman–Crippen MR) is 75.3 cm³/mol. The monoisotopic (exact) mass is 283 g/mol. The SMILES string of the molecule is CCCNC(CCOc1cc(F)ccc1C)C(=O)OC. The number of methoxy groups -OCH3 is 1. The molecule has 1 rings (SSSR count). The molecule has 0 heterocycles. The van der Waals surface area contributed by atoms with Crippen molar-refractivity contribution < 1.29 is 18.7 Å². The number of rotatable bonds is 8. The number of halogens is 1. The third-order valence-corrected chi connectivity index (χ3v) is 2.94. The number of carbonyl (C=O) groups excluding carboxylic acids is 1. The lowest BCUT2D eigenvalue weighted by molar-refractivity contribution is -0.143. The van der Waals surface area contributed by atoms with Crippen LogP contribution in [0, 0.1) is 12.7 Å². The van der Waals surface area contributed by atoms with Crippen LogP contribution >= 0.6 is 0 Å². The van der Waals surface area contributed by atoms with Crippen LogP contribution in [0.2, 0.25) is 0 Å². The summed E-state index contributed by atoms with van der Waals surface area (Å²) in [6.45, 7) is 4.93. The third-order valence-electron chi connectivity index (χ3n) is 2.94. The average molecular weight is 283 g/mol. The molecule has 4 nitrogen and oxygen atoms in total. The van der Waals surface area contributed by atoms with Crippen LogP contribution < -0.4 is 10.1 Å². The molecule has 0 radical (unpaired) electrons.